The van der Waals surface area contributed by atoms with Crippen LogP contribution in [0.1, 0.15) is 16.7 Å². The van der Waals surface area contributed by atoms with Crippen LogP contribution >= 0.6 is 12.2 Å². The van der Waals surface area contributed by atoms with Crippen molar-refractivity contribution in [3.63, 3.8) is 0 Å². The van der Waals surface area contributed by atoms with E-state index in [9.17, 15) is 10.1 Å². The molecule has 0 atom stereocenters. The molecule has 0 spiro atoms. The van der Waals surface area contributed by atoms with Crippen molar-refractivity contribution in [3.05, 3.63) is 57.1 Å². The number of methoxy groups -OCH3 is 2. The SMILES string of the molecule is COc1cc(/C=N\NC(=S)Nc2cccc(C)c2C)c([N+](=O)[O-])cc1OC. The minimum absolute atomic E-state index is 0.161. The van der Waals surface area contributed by atoms with Crippen LogP contribution in [0.5, 0.6) is 11.5 Å². The summed E-state index contributed by atoms with van der Waals surface area (Å²) in [6.45, 7) is 3.99. The number of nitrogens with one attached hydrogen (secondary N) is 2. The van der Waals surface area contributed by atoms with Gasteiger partial charge in [0.15, 0.2) is 16.6 Å². The van der Waals surface area contributed by atoms with Crippen LogP contribution in [0.15, 0.2) is 35.4 Å². The lowest BCUT2D eigenvalue weighted by atomic mass is 10.1. The van der Waals surface area contributed by atoms with Crippen LogP contribution < -0.4 is 20.2 Å². The summed E-state index contributed by atoms with van der Waals surface area (Å²) >= 11 is 5.21. The lowest BCUT2D eigenvalue weighted by Gasteiger charge is -2.11. The van der Waals surface area contributed by atoms with Crippen molar-refractivity contribution < 1.29 is 14.4 Å². The van der Waals surface area contributed by atoms with E-state index in [0.717, 1.165) is 16.8 Å². The van der Waals surface area contributed by atoms with Crippen LogP contribution in [0.25, 0.3) is 0 Å². The number of hydrogen-bond donors (Lipinski definition) is 2. The molecule has 0 aliphatic heterocycles. The van der Waals surface area contributed by atoms with E-state index in [1.54, 1.807) is 0 Å². The number of hydrogen-bond acceptors (Lipinski definition) is 6. The Kier molecular flexibility index (Phi) is 6.67. The standard InChI is InChI=1S/C18H20N4O4S/c1-11-6-5-7-14(12(11)2)20-18(27)21-19-10-13-8-16(25-3)17(26-4)9-15(13)22(23)24/h5-10H,1-4H3,(H2,20,21,27)/b19-10-. The predicted octanol–water partition coefficient (Wildman–Crippen LogP) is 3.55. The highest BCUT2D eigenvalue weighted by atomic mass is 32.1. The first-order chi connectivity index (χ1) is 12.9. The third kappa shape index (κ3) is 4.91. The number of ether oxygens (including phenoxy) is 2. The zero-order valence-electron chi connectivity index (χ0n) is 15.4. The van der Waals surface area contributed by atoms with Crippen LogP contribution in [-0.2, 0) is 0 Å². The summed E-state index contributed by atoms with van der Waals surface area (Å²) in [7, 11) is 2.86. The molecule has 9 heteroatoms. The van der Waals surface area contributed by atoms with Gasteiger partial charge in [0.1, 0.15) is 0 Å². The summed E-state index contributed by atoms with van der Waals surface area (Å²) in [5, 5.41) is 18.6. The largest absolute Gasteiger partial charge is 0.493 e. The van der Waals surface area contributed by atoms with Crippen LogP contribution in [0, 0.1) is 24.0 Å². The summed E-state index contributed by atoms with van der Waals surface area (Å²) in [5.41, 5.74) is 5.81. The molecule has 0 amide bonds. The summed E-state index contributed by atoms with van der Waals surface area (Å²) in [6.07, 6.45) is 1.30. The van der Waals surface area contributed by atoms with Crippen LogP contribution in [-0.4, -0.2) is 30.5 Å². The highest BCUT2D eigenvalue weighted by molar-refractivity contribution is 7.80. The molecular formula is C18H20N4O4S. The third-order valence-electron chi connectivity index (χ3n) is 3.95. The van der Waals surface area contributed by atoms with Crippen molar-refractivity contribution in [2.75, 3.05) is 19.5 Å². The van der Waals surface area contributed by atoms with Gasteiger partial charge in [0, 0.05) is 5.69 Å². The molecule has 0 aliphatic carbocycles. The molecule has 0 bridgehead atoms. The van der Waals surface area contributed by atoms with Crippen molar-refractivity contribution in [2.24, 2.45) is 5.10 Å². The van der Waals surface area contributed by atoms with Crippen LogP contribution in [0.3, 0.4) is 0 Å². The zero-order chi connectivity index (χ0) is 20.0. The summed E-state index contributed by atoms with van der Waals surface area (Å²) in [5.74, 6) is 0.627. The van der Waals surface area contributed by atoms with Gasteiger partial charge in [0.2, 0.25) is 0 Å². The monoisotopic (exact) mass is 388 g/mol. The normalized spacial score (nSPS) is 10.5. The van der Waals surface area contributed by atoms with Gasteiger partial charge in [0.25, 0.3) is 5.69 Å². The minimum Gasteiger partial charge on any atom is -0.493 e. The summed E-state index contributed by atoms with van der Waals surface area (Å²) < 4.78 is 10.3. The Balaban J connectivity index is 2.16. The topological polar surface area (TPSA) is 98.0 Å². The molecule has 8 nitrogen and oxygen atoms in total. The van der Waals surface area contributed by atoms with Crippen molar-refractivity contribution in [1.29, 1.82) is 0 Å². The predicted molar refractivity (Wildman–Crippen MR) is 109 cm³/mol. The van der Waals surface area contributed by atoms with E-state index >= 15 is 0 Å². The second-order valence-corrected chi connectivity index (χ2v) is 6.00. The summed E-state index contributed by atoms with van der Waals surface area (Å²) in [6, 6.07) is 8.59. The lowest BCUT2D eigenvalue weighted by Crippen LogP contribution is -2.24. The Morgan fingerprint density at radius 1 is 1.22 bits per heavy atom. The average Bonchev–Trinajstić information content (AvgIpc) is 2.64. The number of thiocarbonyl (C=S) groups is 1. The zero-order valence-corrected chi connectivity index (χ0v) is 16.2. The van der Waals surface area contributed by atoms with E-state index in [-0.39, 0.29) is 22.1 Å². The van der Waals surface area contributed by atoms with E-state index in [1.807, 2.05) is 32.0 Å². The first kappa shape index (κ1) is 20.1. The Morgan fingerprint density at radius 3 is 2.52 bits per heavy atom. The highest BCUT2D eigenvalue weighted by Crippen LogP contribution is 2.33. The lowest BCUT2D eigenvalue weighted by molar-refractivity contribution is -0.385. The van der Waals surface area contributed by atoms with E-state index in [2.05, 4.69) is 15.8 Å². The molecule has 0 aliphatic rings. The molecule has 2 rings (SSSR count). The van der Waals surface area contributed by atoms with Gasteiger partial charge in [-0.1, -0.05) is 12.1 Å². The quantitative estimate of drug-likeness (QED) is 0.338. The Labute approximate surface area is 162 Å². The number of aryl methyl sites for hydroxylation is 1. The number of hydrazone groups is 1. The molecule has 0 unspecified atom stereocenters. The van der Waals surface area contributed by atoms with Crippen molar-refractivity contribution >= 4 is 34.9 Å². The molecule has 0 aromatic heterocycles. The number of benzene rings is 2. The molecule has 0 radical (unpaired) electrons. The third-order valence-corrected chi connectivity index (χ3v) is 4.15. The fraction of sp³-hybridized carbons (Fsp3) is 0.222. The molecule has 142 valence electrons. The van der Waals surface area contributed by atoms with Gasteiger partial charge in [-0.25, -0.2) is 0 Å². The summed E-state index contributed by atoms with van der Waals surface area (Å²) in [4.78, 5) is 10.8. The number of nitro benzene ring substituents is 1. The molecule has 2 N–H and O–H groups in total. The molecule has 2 aromatic rings. The van der Waals surface area contributed by atoms with Crippen molar-refractivity contribution in [2.45, 2.75) is 13.8 Å². The first-order valence-electron chi connectivity index (χ1n) is 7.94. The van der Waals surface area contributed by atoms with Gasteiger partial charge < -0.3 is 14.8 Å². The van der Waals surface area contributed by atoms with E-state index < -0.39 is 4.92 Å². The average molecular weight is 388 g/mol. The van der Waals surface area contributed by atoms with Crippen molar-refractivity contribution in [3.8, 4) is 11.5 Å². The van der Waals surface area contributed by atoms with Crippen molar-refractivity contribution in [1.82, 2.24) is 5.43 Å². The second kappa shape index (κ2) is 8.95. The number of rotatable bonds is 6. The second-order valence-electron chi connectivity index (χ2n) is 5.59. The van der Waals surface area contributed by atoms with Gasteiger partial charge in [0.05, 0.1) is 37.0 Å². The maximum absolute atomic E-state index is 11.3. The number of nitro groups is 1. The van der Waals surface area contributed by atoms with E-state index in [0.29, 0.717) is 5.75 Å². The molecule has 0 saturated heterocycles. The highest BCUT2D eigenvalue weighted by Gasteiger charge is 2.18. The molecule has 0 heterocycles. The van der Waals surface area contributed by atoms with Gasteiger partial charge in [-0.2, -0.15) is 5.10 Å². The molecular weight excluding hydrogens is 368 g/mol. The number of nitrogens with zero attached hydrogens (tertiary/aromatic N) is 2. The molecule has 27 heavy (non-hydrogen) atoms. The number of anilines is 1. The van der Waals surface area contributed by atoms with Gasteiger partial charge >= 0.3 is 0 Å². The van der Waals surface area contributed by atoms with Gasteiger partial charge in [-0.15, -0.1) is 0 Å². The smallest absolute Gasteiger partial charge is 0.282 e. The Bertz CT molecular complexity index is 899. The van der Waals surface area contributed by atoms with Crippen LogP contribution in [0.2, 0.25) is 0 Å². The molecule has 0 saturated carbocycles. The fourth-order valence-electron chi connectivity index (χ4n) is 2.34. The first-order valence-corrected chi connectivity index (χ1v) is 8.35. The van der Waals surface area contributed by atoms with Gasteiger partial charge in [-0.05, 0) is 49.3 Å². The van der Waals surface area contributed by atoms with Crippen LogP contribution in [0.4, 0.5) is 11.4 Å². The fourth-order valence-corrected chi connectivity index (χ4v) is 2.51. The Morgan fingerprint density at radius 2 is 1.89 bits per heavy atom. The molecule has 0 fully saturated rings. The van der Waals surface area contributed by atoms with Gasteiger partial charge in [-0.3, -0.25) is 15.5 Å². The maximum Gasteiger partial charge on any atom is 0.282 e. The molecule has 2 aromatic carbocycles. The van der Waals surface area contributed by atoms with E-state index in [4.69, 9.17) is 21.7 Å². The Hall–Kier alpha value is -3.20. The maximum atomic E-state index is 11.3. The minimum atomic E-state index is -0.518. The van der Waals surface area contributed by atoms with E-state index in [1.165, 1.54) is 32.6 Å².